The lowest BCUT2D eigenvalue weighted by molar-refractivity contribution is 0.586. The van der Waals surface area contributed by atoms with Crippen molar-refractivity contribution < 1.29 is 0 Å². The van der Waals surface area contributed by atoms with Crippen molar-refractivity contribution in [1.82, 2.24) is 4.98 Å². The van der Waals surface area contributed by atoms with Gasteiger partial charge < -0.3 is 0 Å². The minimum atomic E-state index is 0.214. The molecule has 80 valence electrons. The van der Waals surface area contributed by atoms with Gasteiger partial charge in [0.15, 0.2) is 0 Å². The molecule has 0 aliphatic carbocycles. The zero-order valence-electron chi connectivity index (χ0n) is 10.6. The molecule has 0 bridgehead atoms. The summed E-state index contributed by atoms with van der Waals surface area (Å²) in [4.78, 5) is 4.35. The van der Waals surface area contributed by atoms with E-state index in [0.29, 0.717) is 0 Å². The highest BCUT2D eigenvalue weighted by Crippen LogP contribution is 2.22. The number of pyridine rings is 1. The fraction of sp³-hybridized carbons (Fsp3) is 0.615. The van der Waals surface area contributed by atoms with E-state index in [4.69, 9.17) is 0 Å². The molecular weight excluding hydrogens is 170 g/mol. The fourth-order valence-corrected chi connectivity index (χ4v) is 1.05. The molecule has 1 heteroatoms. The van der Waals surface area contributed by atoms with Crippen molar-refractivity contribution in [2.24, 2.45) is 0 Å². The Morgan fingerprint density at radius 3 is 1.93 bits per heavy atom. The van der Waals surface area contributed by atoms with Gasteiger partial charge in [0.1, 0.15) is 0 Å². The van der Waals surface area contributed by atoms with Gasteiger partial charge in [0.05, 0.1) is 0 Å². The van der Waals surface area contributed by atoms with E-state index in [1.807, 2.05) is 27.0 Å². The number of rotatable bonds is 0. The first-order valence-corrected chi connectivity index (χ1v) is 5.35. The van der Waals surface area contributed by atoms with Crippen LogP contribution in [0.25, 0.3) is 0 Å². The molecule has 1 aromatic heterocycles. The van der Waals surface area contributed by atoms with Crippen LogP contribution in [0.2, 0.25) is 0 Å². The molecule has 0 saturated carbocycles. The number of nitrogens with zero attached hydrogens (tertiary/aromatic N) is 1. The van der Waals surface area contributed by atoms with Crippen LogP contribution in [0, 0.1) is 13.8 Å². The van der Waals surface area contributed by atoms with Gasteiger partial charge in [-0.1, -0.05) is 40.7 Å². The second-order valence-corrected chi connectivity index (χ2v) is 4.38. The molecule has 0 aromatic carbocycles. The summed E-state index contributed by atoms with van der Waals surface area (Å²) in [6, 6.07) is 2.22. The summed E-state index contributed by atoms with van der Waals surface area (Å²) in [7, 11) is 0. The molecule has 0 aliphatic rings. The summed E-state index contributed by atoms with van der Waals surface area (Å²) < 4.78 is 0. The van der Waals surface area contributed by atoms with Gasteiger partial charge in [-0.15, -0.1) is 0 Å². The highest BCUT2D eigenvalue weighted by atomic mass is 14.7. The van der Waals surface area contributed by atoms with Gasteiger partial charge in [-0.25, -0.2) is 0 Å². The number of aromatic nitrogens is 1. The van der Waals surface area contributed by atoms with Crippen LogP contribution in [-0.2, 0) is 5.41 Å². The zero-order chi connectivity index (χ0) is 11.4. The van der Waals surface area contributed by atoms with E-state index in [1.54, 1.807) is 0 Å². The van der Waals surface area contributed by atoms with Crippen LogP contribution in [0.3, 0.4) is 0 Å². The summed E-state index contributed by atoms with van der Waals surface area (Å²) in [5, 5.41) is 0. The van der Waals surface area contributed by atoms with Gasteiger partial charge in [-0.2, -0.15) is 0 Å². The maximum Gasteiger partial charge on any atom is 0.0401 e. The third-order valence-corrected chi connectivity index (χ3v) is 2.21. The zero-order valence-corrected chi connectivity index (χ0v) is 10.6. The van der Waals surface area contributed by atoms with E-state index >= 15 is 0 Å². The molecular formula is C13H23N. The maximum absolute atomic E-state index is 4.35. The van der Waals surface area contributed by atoms with Crippen LogP contribution < -0.4 is 0 Å². The normalized spacial score (nSPS) is 10.5. The summed E-state index contributed by atoms with van der Waals surface area (Å²) in [5.74, 6) is 0. The monoisotopic (exact) mass is 193 g/mol. The Labute approximate surface area is 88.6 Å². The molecule has 0 saturated heterocycles. The van der Waals surface area contributed by atoms with Crippen molar-refractivity contribution >= 4 is 0 Å². The van der Waals surface area contributed by atoms with E-state index in [9.17, 15) is 0 Å². The average Bonchev–Trinajstić information content (AvgIpc) is 2.11. The number of hydrogen-bond acceptors (Lipinski definition) is 1. The van der Waals surface area contributed by atoms with E-state index < -0.39 is 0 Å². The van der Waals surface area contributed by atoms with Crippen molar-refractivity contribution in [3.63, 3.8) is 0 Å². The van der Waals surface area contributed by atoms with Crippen LogP contribution in [0.5, 0.6) is 0 Å². The third-order valence-electron chi connectivity index (χ3n) is 2.21. The minimum Gasteiger partial charge on any atom is -0.261 e. The molecule has 0 atom stereocenters. The maximum atomic E-state index is 4.35. The summed E-state index contributed by atoms with van der Waals surface area (Å²) in [5.41, 5.74) is 3.93. The topological polar surface area (TPSA) is 12.9 Å². The fourth-order valence-electron chi connectivity index (χ4n) is 1.05. The van der Waals surface area contributed by atoms with Gasteiger partial charge in [0.25, 0.3) is 0 Å². The number of aryl methyl sites for hydroxylation is 2. The molecule has 1 rings (SSSR count). The Bertz CT molecular complexity index is 282. The van der Waals surface area contributed by atoms with Crippen LogP contribution in [0.15, 0.2) is 12.3 Å². The second kappa shape index (κ2) is 5.14. The lowest BCUT2D eigenvalue weighted by atomic mass is 9.87. The van der Waals surface area contributed by atoms with Crippen molar-refractivity contribution in [1.29, 1.82) is 0 Å². The van der Waals surface area contributed by atoms with Crippen molar-refractivity contribution in [3.8, 4) is 0 Å². The quantitative estimate of drug-likeness (QED) is 0.606. The molecule has 1 heterocycles. The molecule has 0 N–H and O–H groups in total. The summed E-state index contributed by atoms with van der Waals surface area (Å²) in [6.45, 7) is 14.8. The van der Waals surface area contributed by atoms with E-state index in [2.05, 4.69) is 38.7 Å². The van der Waals surface area contributed by atoms with Crippen LogP contribution in [0.4, 0.5) is 0 Å². The van der Waals surface area contributed by atoms with Crippen LogP contribution in [0.1, 0.15) is 51.4 Å². The Kier molecular flexibility index (Phi) is 4.82. The smallest absolute Gasteiger partial charge is 0.0401 e. The van der Waals surface area contributed by atoms with Gasteiger partial charge in [-0.3, -0.25) is 4.98 Å². The third kappa shape index (κ3) is 3.49. The van der Waals surface area contributed by atoms with E-state index in [-0.39, 0.29) is 5.41 Å². The molecule has 14 heavy (non-hydrogen) atoms. The molecule has 0 unspecified atom stereocenters. The lowest BCUT2D eigenvalue weighted by Crippen LogP contribution is -2.12. The highest BCUT2D eigenvalue weighted by molar-refractivity contribution is 5.27. The van der Waals surface area contributed by atoms with E-state index in [1.165, 1.54) is 11.1 Å². The van der Waals surface area contributed by atoms with Gasteiger partial charge in [0.2, 0.25) is 0 Å². The summed E-state index contributed by atoms with van der Waals surface area (Å²) >= 11 is 0. The SMILES string of the molecule is CC.Cc1cc(C(C)(C)C)cnc1C. The molecule has 0 aliphatic heterocycles. The molecule has 0 amide bonds. The molecule has 0 spiro atoms. The first kappa shape index (κ1) is 13.2. The Morgan fingerprint density at radius 1 is 1.07 bits per heavy atom. The first-order chi connectivity index (χ1) is 6.41. The molecule has 0 radical (unpaired) electrons. The van der Waals surface area contributed by atoms with Crippen LogP contribution >= 0.6 is 0 Å². The minimum absolute atomic E-state index is 0.214. The van der Waals surface area contributed by atoms with Gasteiger partial charge in [0, 0.05) is 11.9 Å². The number of hydrogen-bond donors (Lipinski definition) is 0. The molecule has 1 nitrogen and oxygen atoms in total. The Balaban J connectivity index is 0.000000791. The summed E-state index contributed by atoms with van der Waals surface area (Å²) in [6.07, 6.45) is 1.97. The molecule has 0 fully saturated rings. The van der Waals surface area contributed by atoms with Crippen molar-refractivity contribution in [3.05, 3.63) is 29.1 Å². The standard InChI is InChI=1S/C11H17N.C2H6/c1-8-6-10(11(3,4)5)7-12-9(8)2;1-2/h6-7H,1-5H3;1-2H3. The lowest BCUT2D eigenvalue weighted by Gasteiger charge is -2.19. The predicted molar refractivity (Wildman–Crippen MR) is 63.8 cm³/mol. The predicted octanol–water partition coefficient (Wildman–Crippen LogP) is 4.02. The Hall–Kier alpha value is -0.850. The Morgan fingerprint density at radius 2 is 1.57 bits per heavy atom. The van der Waals surface area contributed by atoms with Crippen molar-refractivity contribution in [2.45, 2.75) is 53.9 Å². The van der Waals surface area contributed by atoms with Gasteiger partial charge in [-0.05, 0) is 30.4 Å². The van der Waals surface area contributed by atoms with Crippen molar-refractivity contribution in [2.75, 3.05) is 0 Å². The second-order valence-electron chi connectivity index (χ2n) is 4.38. The highest BCUT2D eigenvalue weighted by Gasteiger charge is 2.14. The van der Waals surface area contributed by atoms with Crippen LogP contribution in [-0.4, -0.2) is 4.98 Å². The first-order valence-electron chi connectivity index (χ1n) is 5.35. The largest absolute Gasteiger partial charge is 0.261 e. The average molecular weight is 193 g/mol. The molecule has 1 aromatic rings. The van der Waals surface area contributed by atoms with E-state index in [0.717, 1.165) is 5.69 Å². The van der Waals surface area contributed by atoms with Gasteiger partial charge >= 0.3 is 0 Å².